The molecule has 0 amide bonds. The standard InChI is InChI=1S/C8H14N4S/c1-6-4-12(3-2-7(6)9)8-10-5-11-13-8/h5-7H,2-4,9H2,1H3. The first-order chi connectivity index (χ1) is 6.27. The number of piperidine rings is 1. The van der Waals surface area contributed by atoms with Crippen molar-refractivity contribution in [1.82, 2.24) is 9.36 Å². The third-order valence-corrected chi connectivity index (χ3v) is 3.32. The van der Waals surface area contributed by atoms with Crippen LogP contribution in [0.3, 0.4) is 0 Å². The summed E-state index contributed by atoms with van der Waals surface area (Å²) < 4.78 is 4.00. The molecule has 72 valence electrons. The van der Waals surface area contributed by atoms with Crippen molar-refractivity contribution in [3.8, 4) is 0 Å². The van der Waals surface area contributed by atoms with Crippen LogP contribution in [0.1, 0.15) is 13.3 Å². The van der Waals surface area contributed by atoms with Crippen molar-refractivity contribution in [2.45, 2.75) is 19.4 Å². The minimum absolute atomic E-state index is 0.351. The molecule has 1 aromatic heterocycles. The third kappa shape index (κ3) is 1.81. The predicted octanol–water partition coefficient (Wildman–Crippen LogP) is 0.712. The number of hydrogen-bond acceptors (Lipinski definition) is 5. The van der Waals surface area contributed by atoms with Gasteiger partial charge in [0, 0.05) is 30.7 Å². The average molecular weight is 198 g/mol. The first-order valence-electron chi connectivity index (χ1n) is 4.54. The number of anilines is 1. The van der Waals surface area contributed by atoms with Gasteiger partial charge >= 0.3 is 0 Å². The molecule has 1 fully saturated rings. The molecule has 1 aliphatic rings. The maximum Gasteiger partial charge on any atom is 0.204 e. The molecule has 2 N–H and O–H groups in total. The number of rotatable bonds is 1. The van der Waals surface area contributed by atoms with E-state index in [0.717, 1.165) is 24.6 Å². The van der Waals surface area contributed by atoms with E-state index < -0.39 is 0 Å². The highest BCUT2D eigenvalue weighted by molar-refractivity contribution is 7.09. The number of nitrogens with zero attached hydrogens (tertiary/aromatic N) is 3. The Bertz CT molecular complexity index is 261. The van der Waals surface area contributed by atoms with Gasteiger partial charge < -0.3 is 10.6 Å². The summed E-state index contributed by atoms with van der Waals surface area (Å²) in [5, 5.41) is 1.03. The fraction of sp³-hybridized carbons (Fsp3) is 0.750. The highest BCUT2D eigenvalue weighted by Gasteiger charge is 2.24. The summed E-state index contributed by atoms with van der Waals surface area (Å²) in [6, 6.07) is 0.351. The number of nitrogens with two attached hydrogens (primary N) is 1. The van der Waals surface area contributed by atoms with Crippen LogP contribution in [-0.4, -0.2) is 28.5 Å². The van der Waals surface area contributed by atoms with Crippen molar-refractivity contribution in [2.75, 3.05) is 18.0 Å². The molecule has 1 aliphatic heterocycles. The fourth-order valence-corrected chi connectivity index (χ4v) is 2.21. The van der Waals surface area contributed by atoms with Crippen LogP contribution in [0.4, 0.5) is 5.13 Å². The lowest BCUT2D eigenvalue weighted by molar-refractivity contribution is 0.382. The summed E-state index contributed by atoms with van der Waals surface area (Å²) in [4.78, 5) is 6.46. The SMILES string of the molecule is CC1CN(c2ncns2)CCC1N. The van der Waals surface area contributed by atoms with Crippen molar-refractivity contribution in [2.24, 2.45) is 11.7 Å². The second-order valence-corrected chi connectivity index (χ2v) is 4.36. The van der Waals surface area contributed by atoms with Gasteiger partial charge in [-0.05, 0) is 12.3 Å². The Labute approximate surface area is 81.9 Å². The maximum absolute atomic E-state index is 5.93. The second-order valence-electron chi connectivity index (χ2n) is 3.60. The molecule has 1 aromatic rings. The molecule has 0 aromatic carbocycles. The van der Waals surface area contributed by atoms with Gasteiger partial charge in [0.15, 0.2) is 0 Å². The van der Waals surface area contributed by atoms with Gasteiger partial charge in [-0.1, -0.05) is 6.92 Å². The Hall–Kier alpha value is -0.680. The minimum atomic E-state index is 0.351. The van der Waals surface area contributed by atoms with E-state index in [2.05, 4.69) is 21.2 Å². The number of hydrogen-bond donors (Lipinski definition) is 1. The summed E-state index contributed by atoms with van der Waals surface area (Å²) in [7, 11) is 0. The lowest BCUT2D eigenvalue weighted by Crippen LogP contribution is -2.45. The second kappa shape index (κ2) is 3.59. The summed E-state index contributed by atoms with van der Waals surface area (Å²) in [6.45, 7) is 4.22. The van der Waals surface area contributed by atoms with Crippen LogP contribution in [0.2, 0.25) is 0 Å². The smallest absolute Gasteiger partial charge is 0.204 e. The normalized spacial score (nSPS) is 29.2. The average Bonchev–Trinajstić information content (AvgIpc) is 2.62. The van der Waals surface area contributed by atoms with Gasteiger partial charge in [0.1, 0.15) is 6.33 Å². The zero-order valence-electron chi connectivity index (χ0n) is 7.68. The largest absolute Gasteiger partial charge is 0.346 e. The summed E-state index contributed by atoms with van der Waals surface area (Å²) in [5.74, 6) is 0.553. The Balaban J connectivity index is 2.03. The number of aromatic nitrogens is 2. The molecule has 0 aliphatic carbocycles. The first-order valence-corrected chi connectivity index (χ1v) is 5.32. The monoisotopic (exact) mass is 198 g/mol. The van der Waals surface area contributed by atoms with Crippen molar-refractivity contribution in [3.05, 3.63) is 6.33 Å². The third-order valence-electron chi connectivity index (χ3n) is 2.59. The van der Waals surface area contributed by atoms with Crippen LogP contribution in [0, 0.1) is 5.92 Å². The molecule has 2 unspecified atom stereocenters. The van der Waals surface area contributed by atoms with Crippen LogP contribution in [0.15, 0.2) is 6.33 Å². The molecule has 2 heterocycles. The van der Waals surface area contributed by atoms with E-state index >= 15 is 0 Å². The van der Waals surface area contributed by atoms with Gasteiger partial charge in [0.25, 0.3) is 0 Å². The van der Waals surface area contributed by atoms with Crippen LogP contribution in [0.5, 0.6) is 0 Å². The predicted molar refractivity (Wildman–Crippen MR) is 53.9 cm³/mol. The van der Waals surface area contributed by atoms with E-state index in [0.29, 0.717) is 12.0 Å². The first kappa shape index (κ1) is 8.90. The molecular formula is C8H14N4S. The molecule has 0 saturated carbocycles. The zero-order valence-corrected chi connectivity index (χ0v) is 8.50. The lowest BCUT2D eigenvalue weighted by atomic mass is 9.95. The van der Waals surface area contributed by atoms with Crippen LogP contribution < -0.4 is 10.6 Å². The molecule has 5 heteroatoms. The van der Waals surface area contributed by atoms with Gasteiger partial charge in [-0.15, -0.1) is 0 Å². The summed E-state index contributed by atoms with van der Waals surface area (Å²) >= 11 is 1.46. The van der Waals surface area contributed by atoms with Crippen molar-refractivity contribution >= 4 is 16.7 Å². The van der Waals surface area contributed by atoms with Gasteiger partial charge in [0.2, 0.25) is 5.13 Å². The molecular weight excluding hydrogens is 184 g/mol. The highest BCUT2D eigenvalue weighted by Crippen LogP contribution is 2.22. The quantitative estimate of drug-likeness (QED) is 0.722. The van der Waals surface area contributed by atoms with E-state index in [1.807, 2.05) is 0 Å². The molecule has 2 atom stereocenters. The van der Waals surface area contributed by atoms with E-state index in [9.17, 15) is 0 Å². The van der Waals surface area contributed by atoms with Crippen LogP contribution >= 0.6 is 11.5 Å². The molecule has 2 rings (SSSR count). The minimum Gasteiger partial charge on any atom is -0.346 e. The van der Waals surface area contributed by atoms with Crippen molar-refractivity contribution in [1.29, 1.82) is 0 Å². The van der Waals surface area contributed by atoms with Gasteiger partial charge in [-0.25, -0.2) is 4.98 Å². The maximum atomic E-state index is 5.93. The zero-order chi connectivity index (χ0) is 9.26. The van der Waals surface area contributed by atoms with E-state index in [-0.39, 0.29) is 0 Å². The molecule has 0 radical (unpaired) electrons. The molecule has 4 nitrogen and oxygen atoms in total. The van der Waals surface area contributed by atoms with E-state index in [1.165, 1.54) is 11.5 Å². The molecule has 0 bridgehead atoms. The molecule has 0 spiro atoms. The Morgan fingerprint density at radius 2 is 2.54 bits per heavy atom. The molecule has 1 saturated heterocycles. The Morgan fingerprint density at radius 3 is 3.15 bits per heavy atom. The van der Waals surface area contributed by atoms with Gasteiger partial charge in [-0.3, -0.25) is 0 Å². The van der Waals surface area contributed by atoms with Crippen LogP contribution in [-0.2, 0) is 0 Å². The van der Waals surface area contributed by atoms with E-state index in [1.54, 1.807) is 6.33 Å². The molecule has 13 heavy (non-hydrogen) atoms. The van der Waals surface area contributed by atoms with E-state index in [4.69, 9.17) is 5.73 Å². The summed E-state index contributed by atoms with van der Waals surface area (Å²) in [6.07, 6.45) is 2.67. The highest BCUT2D eigenvalue weighted by atomic mass is 32.1. The summed E-state index contributed by atoms with van der Waals surface area (Å²) in [5.41, 5.74) is 5.93. The Morgan fingerprint density at radius 1 is 1.69 bits per heavy atom. The Kier molecular flexibility index (Phi) is 2.46. The van der Waals surface area contributed by atoms with Crippen molar-refractivity contribution in [3.63, 3.8) is 0 Å². The lowest BCUT2D eigenvalue weighted by Gasteiger charge is -2.34. The van der Waals surface area contributed by atoms with Gasteiger partial charge in [0.05, 0.1) is 0 Å². The van der Waals surface area contributed by atoms with Crippen molar-refractivity contribution < 1.29 is 0 Å². The topological polar surface area (TPSA) is 55.0 Å². The van der Waals surface area contributed by atoms with Gasteiger partial charge in [-0.2, -0.15) is 4.37 Å². The fourth-order valence-electron chi connectivity index (χ4n) is 1.64. The van der Waals surface area contributed by atoms with Crippen LogP contribution in [0.25, 0.3) is 0 Å².